The Morgan fingerprint density at radius 2 is 2.27 bits per heavy atom. The molecule has 0 aliphatic carbocycles. The third kappa shape index (κ3) is 4.69. The Morgan fingerprint density at radius 3 is 3.00 bits per heavy atom. The van der Waals surface area contributed by atoms with E-state index in [0.29, 0.717) is 23.9 Å². The number of carbonyl (C=O) groups excluding carboxylic acids is 2. The van der Waals surface area contributed by atoms with Crippen molar-refractivity contribution in [2.45, 2.75) is 19.4 Å². The van der Waals surface area contributed by atoms with Gasteiger partial charge in [0.15, 0.2) is 0 Å². The second-order valence-corrected chi connectivity index (χ2v) is 5.47. The fourth-order valence-corrected chi connectivity index (χ4v) is 2.28. The minimum Gasteiger partial charge on any atom is -0.366 e. The zero-order valence-electron chi connectivity index (χ0n) is 12.4. The quantitative estimate of drug-likeness (QED) is 0.757. The van der Waals surface area contributed by atoms with Crippen molar-refractivity contribution in [1.82, 2.24) is 10.6 Å². The first-order valence-corrected chi connectivity index (χ1v) is 7.60. The molecule has 22 heavy (non-hydrogen) atoms. The zero-order chi connectivity index (χ0) is 15.9. The first-order chi connectivity index (χ1) is 10.6. The van der Waals surface area contributed by atoms with E-state index < -0.39 is 6.10 Å². The first-order valence-electron chi connectivity index (χ1n) is 7.23. The van der Waals surface area contributed by atoms with Gasteiger partial charge in [-0.05, 0) is 24.6 Å². The predicted octanol–water partition coefficient (Wildman–Crippen LogP) is 1.08. The van der Waals surface area contributed by atoms with Crippen LogP contribution in [-0.2, 0) is 14.3 Å². The molecule has 0 spiro atoms. The minimum atomic E-state index is -0.480. The van der Waals surface area contributed by atoms with Crippen molar-refractivity contribution >= 4 is 29.1 Å². The highest BCUT2D eigenvalue weighted by atomic mass is 35.5. The van der Waals surface area contributed by atoms with Gasteiger partial charge in [-0.15, -0.1) is 0 Å². The molecule has 1 aromatic rings. The second-order valence-electron chi connectivity index (χ2n) is 5.07. The highest BCUT2D eigenvalue weighted by molar-refractivity contribution is 6.31. The summed E-state index contributed by atoms with van der Waals surface area (Å²) in [7, 11) is 0. The van der Waals surface area contributed by atoms with Crippen molar-refractivity contribution in [3.8, 4) is 0 Å². The lowest BCUT2D eigenvalue weighted by Crippen LogP contribution is -2.48. The van der Waals surface area contributed by atoms with E-state index in [9.17, 15) is 9.59 Å². The summed E-state index contributed by atoms with van der Waals surface area (Å²) in [6, 6.07) is 5.34. The van der Waals surface area contributed by atoms with Crippen molar-refractivity contribution in [2.75, 3.05) is 31.6 Å². The third-order valence-electron chi connectivity index (χ3n) is 3.41. The number of amides is 2. The molecule has 1 atom stereocenters. The van der Waals surface area contributed by atoms with Gasteiger partial charge in [0.1, 0.15) is 6.10 Å². The summed E-state index contributed by atoms with van der Waals surface area (Å²) in [6.07, 6.45) is -0.287. The van der Waals surface area contributed by atoms with Crippen molar-refractivity contribution in [1.29, 1.82) is 0 Å². The summed E-state index contributed by atoms with van der Waals surface area (Å²) >= 11 is 6.00. The van der Waals surface area contributed by atoms with E-state index in [1.807, 2.05) is 6.92 Å². The van der Waals surface area contributed by atoms with Gasteiger partial charge in [-0.25, -0.2) is 0 Å². The van der Waals surface area contributed by atoms with E-state index in [1.54, 1.807) is 18.2 Å². The Kier molecular flexibility index (Phi) is 6.18. The first kappa shape index (κ1) is 16.7. The van der Waals surface area contributed by atoms with Crippen molar-refractivity contribution in [3.63, 3.8) is 0 Å². The third-order valence-corrected chi connectivity index (χ3v) is 3.82. The van der Waals surface area contributed by atoms with Gasteiger partial charge < -0.3 is 20.7 Å². The number of morpholine rings is 1. The van der Waals surface area contributed by atoms with E-state index in [0.717, 1.165) is 12.1 Å². The number of rotatable bonds is 5. The van der Waals surface area contributed by atoms with Gasteiger partial charge in [0, 0.05) is 36.8 Å². The number of nitrogens with one attached hydrogen (secondary N) is 3. The van der Waals surface area contributed by atoms with E-state index in [2.05, 4.69) is 16.0 Å². The highest BCUT2D eigenvalue weighted by Crippen LogP contribution is 2.22. The maximum absolute atomic E-state index is 11.9. The second kappa shape index (κ2) is 8.12. The minimum absolute atomic E-state index is 0.173. The summed E-state index contributed by atoms with van der Waals surface area (Å²) < 4.78 is 5.33. The van der Waals surface area contributed by atoms with E-state index in [4.69, 9.17) is 16.3 Å². The Bertz CT molecular complexity index is 545. The average molecular weight is 326 g/mol. The Morgan fingerprint density at radius 1 is 1.45 bits per heavy atom. The molecule has 1 saturated heterocycles. The standard InChI is InChI=1S/C15H20ClN3O3/c1-10-11(16)3-2-4-12(10)19-14(20)5-6-18-15(21)13-9-17-7-8-22-13/h2-4,13,17H,5-9H2,1H3,(H,18,21)(H,19,20). The molecule has 1 aliphatic rings. The molecular weight excluding hydrogens is 306 g/mol. The smallest absolute Gasteiger partial charge is 0.250 e. The van der Waals surface area contributed by atoms with Crippen LogP contribution in [0, 0.1) is 6.92 Å². The van der Waals surface area contributed by atoms with Crippen LogP contribution in [0.5, 0.6) is 0 Å². The van der Waals surface area contributed by atoms with Crippen LogP contribution < -0.4 is 16.0 Å². The van der Waals surface area contributed by atoms with Crippen LogP contribution in [0.3, 0.4) is 0 Å². The SMILES string of the molecule is Cc1c(Cl)cccc1NC(=O)CCNC(=O)C1CNCCO1. The molecule has 0 bridgehead atoms. The molecule has 0 radical (unpaired) electrons. The van der Waals surface area contributed by atoms with E-state index >= 15 is 0 Å². The molecular formula is C15H20ClN3O3. The van der Waals surface area contributed by atoms with Crippen molar-refractivity contribution < 1.29 is 14.3 Å². The fourth-order valence-electron chi connectivity index (χ4n) is 2.10. The van der Waals surface area contributed by atoms with Gasteiger partial charge in [0.05, 0.1) is 6.61 Å². The molecule has 1 heterocycles. The van der Waals surface area contributed by atoms with Crippen LogP contribution in [0.25, 0.3) is 0 Å². The van der Waals surface area contributed by atoms with Crippen LogP contribution in [0.15, 0.2) is 18.2 Å². The van der Waals surface area contributed by atoms with E-state index in [-0.39, 0.29) is 24.8 Å². The predicted molar refractivity (Wildman–Crippen MR) is 85.1 cm³/mol. The summed E-state index contributed by atoms with van der Waals surface area (Å²) in [6.45, 7) is 3.88. The van der Waals surface area contributed by atoms with Gasteiger partial charge in [-0.3, -0.25) is 9.59 Å². The largest absolute Gasteiger partial charge is 0.366 e. The van der Waals surface area contributed by atoms with Gasteiger partial charge in [0.2, 0.25) is 11.8 Å². The Labute approximate surface area is 134 Å². The van der Waals surface area contributed by atoms with Gasteiger partial charge in [-0.1, -0.05) is 17.7 Å². The lowest BCUT2D eigenvalue weighted by atomic mass is 10.2. The van der Waals surface area contributed by atoms with Crippen LogP contribution in [0.1, 0.15) is 12.0 Å². The summed E-state index contributed by atoms with van der Waals surface area (Å²) in [4.78, 5) is 23.7. The van der Waals surface area contributed by atoms with Gasteiger partial charge >= 0.3 is 0 Å². The molecule has 1 unspecified atom stereocenters. The number of halogens is 1. The lowest BCUT2D eigenvalue weighted by molar-refractivity contribution is -0.134. The molecule has 1 fully saturated rings. The molecule has 0 aromatic heterocycles. The van der Waals surface area contributed by atoms with Gasteiger partial charge in [-0.2, -0.15) is 0 Å². The number of hydrogen-bond acceptors (Lipinski definition) is 4. The van der Waals surface area contributed by atoms with Crippen LogP contribution >= 0.6 is 11.6 Å². The Hall–Kier alpha value is -1.63. The maximum Gasteiger partial charge on any atom is 0.250 e. The molecule has 6 nitrogen and oxygen atoms in total. The maximum atomic E-state index is 11.9. The lowest BCUT2D eigenvalue weighted by Gasteiger charge is -2.22. The highest BCUT2D eigenvalue weighted by Gasteiger charge is 2.21. The number of anilines is 1. The molecule has 120 valence electrons. The zero-order valence-corrected chi connectivity index (χ0v) is 13.2. The topological polar surface area (TPSA) is 79.5 Å². The molecule has 3 N–H and O–H groups in total. The number of hydrogen-bond donors (Lipinski definition) is 3. The molecule has 2 amide bonds. The molecule has 1 aliphatic heterocycles. The van der Waals surface area contributed by atoms with Crippen molar-refractivity contribution in [3.05, 3.63) is 28.8 Å². The van der Waals surface area contributed by atoms with Crippen LogP contribution in [0.2, 0.25) is 5.02 Å². The summed E-state index contributed by atoms with van der Waals surface area (Å²) in [5.41, 5.74) is 1.51. The molecule has 7 heteroatoms. The summed E-state index contributed by atoms with van der Waals surface area (Å²) in [5, 5.41) is 9.18. The molecule has 1 aromatic carbocycles. The number of benzene rings is 1. The van der Waals surface area contributed by atoms with Crippen LogP contribution in [-0.4, -0.2) is 44.2 Å². The summed E-state index contributed by atoms with van der Waals surface area (Å²) in [5.74, 6) is -0.368. The number of ether oxygens (including phenoxy) is 1. The monoisotopic (exact) mass is 325 g/mol. The number of carbonyl (C=O) groups is 2. The fraction of sp³-hybridized carbons (Fsp3) is 0.467. The molecule has 2 rings (SSSR count). The Balaban J connectivity index is 1.73. The van der Waals surface area contributed by atoms with E-state index in [1.165, 1.54) is 0 Å². The normalized spacial score (nSPS) is 17.8. The van der Waals surface area contributed by atoms with Crippen LogP contribution in [0.4, 0.5) is 5.69 Å². The molecule has 0 saturated carbocycles. The van der Waals surface area contributed by atoms with Crippen molar-refractivity contribution in [2.24, 2.45) is 0 Å². The average Bonchev–Trinajstić information content (AvgIpc) is 2.52. The van der Waals surface area contributed by atoms with Gasteiger partial charge in [0.25, 0.3) is 0 Å².